The zero-order chi connectivity index (χ0) is 27.2. The number of amides is 3. The minimum atomic E-state index is -0.809. The van der Waals surface area contributed by atoms with Crippen molar-refractivity contribution in [3.63, 3.8) is 0 Å². The number of primary amides is 1. The van der Waals surface area contributed by atoms with Crippen LogP contribution in [-0.2, 0) is 14.3 Å². The molecule has 3 rings (SSSR count). The zero-order valence-corrected chi connectivity index (χ0v) is 21.9. The number of nitro benzene ring substituents is 1. The van der Waals surface area contributed by atoms with Crippen molar-refractivity contribution in [3.05, 3.63) is 34.4 Å². The molecule has 0 unspecified atom stereocenters. The van der Waals surface area contributed by atoms with Gasteiger partial charge in [0.15, 0.2) is 0 Å². The van der Waals surface area contributed by atoms with Gasteiger partial charge < -0.3 is 25.6 Å². The minimum absolute atomic E-state index is 0.0718. The normalized spacial score (nSPS) is 19.4. The Hall–Kier alpha value is -3.41. The molecule has 204 valence electrons. The van der Waals surface area contributed by atoms with Gasteiger partial charge in [-0.05, 0) is 65.1 Å². The standard InChI is InChI=1S/C25H38N6O6/c1-25(2,3)37-24(34)27-20(23(33)30-13-5-7-21(30)22(26)32)6-4-12-28-14-16-29(17-15-28)18-8-10-19(11-9-18)31(35)36/h8-11,20-21H,4-7,12-17H2,1-3H3,(H2,26,32)(H,27,34)/t20-,21-/m0/s1. The van der Waals surface area contributed by atoms with E-state index < -0.39 is 34.6 Å². The molecular formula is C25H38N6O6. The van der Waals surface area contributed by atoms with Crippen LogP contribution in [0.25, 0.3) is 0 Å². The molecule has 37 heavy (non-hydrogen) atoms. The quantitative estimate of drug-likeness (QED) is 0.371. The monoisotopic (exact) mass is 518 g/mol. The molecule has 3 N–H and O–H groups in total. The summed E-state index contributed by atoms with van der Waals surface area (Å²) >= 11 is 0. The van der Waals surface area contributed by atoms with Crippen LogP contribution in [0.3, 0.4) is 0 Å². The third-order valence-electron chi connectivity index (χ3n) is 6.62. The maximum Gasteiger partial charge on any atom is 0.408 e. The van der Waals surface area contributed by atoms with E-state index in [0.29, 0.717) is 32.2 Å². The summed E-state index contributed by atoms with van der Waals surface area (Å²) in [5, 5.41) is 13.6. The zero-order valence-electron chi connectivity index (χ0n) is 21.9. The number of benzene rings is 1. The lowest BCUT2D eigenvalue weighted by atomic mass is 10.1. The Bertz CT molecular complexity index is 971. The van der Waals surface area contributed by atoms with Crippen LogP contribution in [0.5, 0.6) is 0 Å². The number of nitrogens with two attached hydrogens (primary N) is 1. The van der Waals surface area contributed by atoms with Gasteiger partial charge in [0.2, 0.25) is 11.8 Å². The highest BCUT2D eigenvalue weighted by atomic mass is 16.6. The number of hydrogen-bond donors (Lipinski definition) is 2. The fourth-order valence-electron chi connectivity index (χ4n) is 4.77. The van der Waals surface area contributed by atoms with E-state index in [9.17, 15) is 24.5 Å². The van der Waals surface area contributed by atoms with Crippen molar-refractivity contribution in [2.75, 3.05) is 44.2 Å². The van der Waals surface area contributed by atoms with E-state index in [-0.39, 0.29) is 11.6 Å². The lowest BCUT2D eigenvalue weighted by molar-refractivity contribution is -0.384. The number of carbonyl (C=O) groups is 3. The number of nitrogens with one attached hydrogen (secondary N) is 1. The molecule has 1 aromatic carbocycles. The summed E-state index contributed by atoms with van der Waals surface area (Å²) in [5.41, 5.74) is 5.82. The summed E-state index contributed by atoms with van der Waals surface area (Å²) in [6, 6.07) is 5.10. The first-order chi connectivity index (χ1) is 17.4. The number of piperazine rings is 1. The maximum absolute atomic E-state index is 13.3. The summed E-state index contributed by atoms with van der Waals surface area (Å²) in [6.45, 7) is 9.62. The molecule has 0 aromatic heterocycles. The molecule has 0 bridgehead atoms. The molecule has 2 atom stereocenters. The number of alkyl carbamates (subject to hydrolysis) is 1. The molecule has 0 aliphatic carbocycles. The van der Waals surface area contributed by atoms with E-state index >= 15 is 0 Å². The van der Waals surface area contributed by atoms with Gasteiger partial charge in [0.1, 0.15) is 17.7 Å². The molecule has 0 spiro atoms. The van der Waals surface area contributed by atoms with Crippen molar-refractivity contribution < 1.29 is 24.0 Å². The largest absolute Gasteiger partial charge is 0.444 e. The lowest BCUT2D eigenvalue weighted by Crippen LogP contribution is -2.53. The van der Waals surface area contributed by atoms with E-state index in [4.69, 9.17) is 10.5 Å². The van der Waals surface area contributed by atoms with E-state index in [1.54, 1.807) is 32.9 Å². The van der Waals surface area contributed by atoms with Crippen molar-refractivity contribution in [2.45, 2.75) is 64.1 Å². The van der Waals surface area contributed by atoms with Gasteiger partial charge in [-0.1, -0.05) is 0 Å². The van der Waals surface area contributed by atoms with Gasteiger partial charge in [0.05, 0.1) is 4.92 Å². The van der Waals surface area contributed by atoms with Crippen molar-refractivity contribution in [3.8, 4) is 0 Å². The van der Waals surface area contributed by atoms with Crippen LogP contribution in [0.2, 0.25) is 0 Å². The molecule has 2 heterocycles. The van der Waals surface area contributed by atoms with Gasteiger partial charge >= 0.3 is 6.09 Å². The second kappa shape index (κ2) is 12.2. The van der Waals surface area contributed by atoms with E-state index in [2.05, 4.69) is 15.1 Å². The summed E-state index contributed by atoms with van der Waals surface area (Å²) < 4.78 is 5.36. The summed E-state index contributed by atoms with van der Waals surface area (Å²) in [6.07, 6.45) is 1.62. The van der Waals surface area contributed by atoms with Gasteiger partial charge in [-0.25, -0.2) is 4.79 Å². The molecule has 2 aliphatic rings. The van der Waals surface area contributed by atoms with Gasteiger partial charge in [0.25, 0.3) is 5.69 Å². The second-order valence-electron chi connectivity index (χ2n) is 10.5. The number of carbonyl (C=O) groups excluding carboxylic acids is 3. The minimum Gasteiger partial charge on any atom is -0.444 e. The average Bonchev–Trinajstić information content (AvgIpc) is 3.33. The molecule has 2 saturated heterocycles. The predicted molar refractivity (Wildman–Crippen MR) is 138 cm³/mol. The SMILES string of the molecule is CC(C)(C)OC(=O)N[C@@H](CCCN1CCN(c2ccc([N+](=O)[O-])cc2)CC1)C(=O)N1CCC[C@H]1C(N)=O. The van der Waals surface area contributed by atoms with Crippen molar-refractivity contribution in [1.82, 2.24) is 15.1 Å². The Morgan fingerprint density at radius 2 is 1.78 bits per heavy atom. The fourth-order valence-corrected chi connectivity index (χ4v) is 4.77. The maximum atomic E-state index is 13.3. The van der Waals surface area contributed by atoms with Gasteiger partial charge in [-0.15, -0.1) is 0 Å². The van der Waals surface area contributed by atoms with Crippen molar-refractivity contribution in [1.29, 1.82) is 0 Å². The van der Waals surface area contributed by atoms with Gasteiger partial charge in [-0.3, -0.25) is 24.6 Å². The first-order valence-electron chi connectivity index (χ1n) is 12.8. The summed E-state index contributed by atoms with van der Waals surface area (Å²) in [4.78, 5) is 54.0. The molecule has 12 nitrogen and oxygen atoms in total. The van der Waals surface area contributed by atoms with Gasteiger partial charge in [-0.2, -0.15) is 0 Å². The van der Waals surface area contributed by atoms with Gasteiger partial charge in [0, 0.05) is 50.5 Å². The van der Waals surface area contributed by atoms with Crippen LogP contribution in [0.1, 0.15) is 46.5 Å². The third kappa shape index (κ3) is 8.04. The molecule has 3 amide bonds. The highest BCUT2D eigenvalue weighted by Gasteiger charge is 2.37. The van der Waals surface area contributed by atoms with Crippen molar-refractivity contribution in [2.24, 2.45) is 5.73 Å². The smallest absolute Gasteiger partial charge is 0.408 e. The molecule has 0 radical (unpaired) electrons. The Kier molecular flexibility index (Phi) is 9.30. The van der Waals surface area contributed by atoms with Crippen LogP contribution < -0.4 is 16.0 Å². The van der Waals surface area contributed by atoms with Crippen LogP contribution in [0.4, 0.5) is 16.2 Å². The van der Waals surface area contributed by atoms with Crippen LogP contribution in [0, 0.1) is 10.1 Å². The Labute approximate surface area is 217 Å². The molecule has 12 heteroatoms. The Morgan fingerprint density at radius 3 is 2.35 bits per heavy atom. The van der Waals surface area contributed by atoms with Crippen LogP contribution in [-0.4, -0.2) is 89.6 Å². The topological polar surface area (TPSA) is 151 Å². The Balaban J connectivity index is 1.53. The van der Waals surface area contributed by atoms with E-state index in [1.807, 2.05) is 0 Å². The van der Waals surface area contributed by atoms with E-state index in [1.165, 1.54) is 17.0 Å². The number of nitrogens with zero attached hydrogens (tertiary/aromatic N) is 4. The number of nitro groups is 1. The number of rotatable bonds is 9. The highest BCUT2D eigenvalue weighted by molar-refractivity contribution is 5.91. The third-order valence-corrected chi connectivity index (χ3v) is 6.62. The molecular weight excluding hydrogens is 480 g/mol. The van der Waals surface area contributed by atoms with E-state index in [0.717, 1.165) is 38.4 Å². The second-order valence-corrected chi connectivity index (χ2v) is 10.5. The number of hydrogen-bond acceptors (Lipinski definition) is 8. The molecule has 2 aliphatic heterocycles. The Morgan fingerprint density at radius 1 is 1.14 bits per heavy atom. The average molecular weight is 519 g/mol. The predicted octanol–water partition coefficient (Wildman–Crippen LogP) is 1.87. The number of likely N-dealkylation sites (tertiary alicyclic amines) is 1. The number of anilines is 1. The van der Waals surface area contributed by atoms with Crippen molar-refractivity contribution >= 4 is 29.3 Å². The first-order valence-corrected chi connectivity index (χ1v) is 12.8. The van der Waals surface area contributed by atoms with Crippen LogP contribution in [0.15, 0.2) is 24.3 Å². The number of ether oxygens (including phenoxy) is 1. The fraction of sp³-hybridized carbons (Fsp3) is 0.640. The first kappa shape index (κ1) is 28.2. The summed E-state index contributed by atoms with van der Waals surface area (Å²) in [7, 11) is 0. The highest BCUT2D eigenvalue weighted by Crippen LogP contribution is 2.22. The molecule has 2 fully saturated rings. The van der Waals surface area contributed by atoms with Crippen LogP contribution >= 0.6 is 0 Å². The summed E-state index contributed by atoms with van der Waals surface area (Å²) in [5.74, 6) is -0.845. The lowest BCUT2D eigenvalue weighted by Gasteiger charge is -2.36. The number of non-ortho nitro benzene ring substituents is 1. The molecule has 0 saturated carbocycles. The molecule has 1 aromatic rings.